The van der Waals surface area contributed by atoms with E-state index in [-0.39, 0.29) is 0 Å². The summed E-state index contributed by atoms with van der Waals surface area (Å²) in [5.74, 6) is 1.31. The van der Waals surface area contributed by atoms with Crippen molar-refractivity contribution in [2.24, 2.45) is 0 Å². The van der Waals surface area contributed by atoms with Crippen molar-refractivity contribution in [2.45, 2.75) is 38.8 Å². The van der Waals surface area contributed by atoms with Gasteiger partial charge in [0.25, 0.3) is 0 Å². The van der Waals surface area contributed by atoms with Gasteiger partial charge >= 0.3 is 0 Å². The van der Waals surface area contributed by atoms with E-state index in [2.05, 4.69) is 17.2 Å². The van der Waals surface area contributed by atoms with E-state index >= 15 is 0 Å². The molecule has 1 aromatic heterocycles. The summed E-state index contributed by atoms with van der Waals surface area (Å²) in [4.78, 5) is 4.38. The highest BCUT2D eigenvalue weighted by Gasteiger charge is 2.19. The van der Waals surface area contributed by atoms with Crippen LogP contribution in [0.3, 0.4) is 0 Å². The number of nitrogens with zero attached hydrogens (tertiary/aromatic N) is 1. The molecule has 0 radical (unpaired) electrons. The number of nitrogens with one attached hydrogen (secondary N) is 1. The minimum atomic E-state index is 0.302. The van der Waals surface area contributed by atoms with Gasteiger partial charge in [-0.15, -0.1) is 0 Å². The molecule has 2 unspecified atom stereocenters. The maximum atomic E-state index is 5.80. The first-order valence-corrected chi connectivity index (χ1v) is 6.46. The summed E-state index contributed by atoms with van der Waals surface area (Å²) in [5, 5.41) is 3.41. The molecule has 2 rings (SSSR count). The zero-order chi connectivity index (χ0) is 13.0. The Labute approximate surface area is 108 Å². The molecule has 1 saturated heterocycles. The fraction of sp³-hybridized carbons (Fsp3) is 0.615. The minimum Gasteiger partial charge on any atom is -0.476 e. The quantitative estimate of drug-likeness (QED) is 0.857. The second-order valence-corrected chi connectivity index (χ2v) is 4.57. The number of nitrogens with two attached hydrogens (primary N) is 1. The molecule has 3 N–H and O–H groups in total. The van der Waals surface area contributed by atoms with E-state index in [1.807, 2.05) is 19.1 Å². The summed E-state index contributed by atoms with van der Waals surface area (Å²) in [5.41, 5.74) is 6.37. The highest BCUT2D eigenvalue weighted by atomic mass is 16.5. The average molecular weight is 251 g/mol. The lowest BCUT2D eigenvalue weighted by molar-refractivity contribution is 0.0232. The number of nitrogen functional groups attached to an aromatic ring is 1. The monoisotopic (exact) mass is 251 g/mol. The Morgan fingerprint density at radius 3 is 3.11 bits per heavy atom. The lowest BCUT2D eigenvalue weighted by atomic mass is 10.0. The molecule has 0 aliphatic carbocycles. The van der Waals surface area contributed by atoms with E-state index in [9.17, 15) is 0 Å². The lowest BCUT2D eigenvalue weighted by Crippen LogP contribution is -2.32. The van der Waals surface area contributed by atoms with Crippen LogP contribution in [0.4, 0.5) is 11.5 Å². The first kappa shape index (κ1) is 13.0. The molecule has 2 heterocycles. The van der Waals surface area contributed by atoms with Gasteiger partial charge in [0.2, 0.25) is 5.88 Å². The maximum absolute atomic E-state index is 5.80. The van der Waals surface area contributed by atoms with Crippen LogP contribution in [-0.2, 0) is 4.74 Å². The van der Waals surface area contributed by atoms with Crippen LogP contribution >= 0.6 is 0 Å². The maximum Gasteiger partial charge on any atom is 0.239 e. The number of hydrogen-bond donors (Lipinski definition) is 2. The van der Waals surface area contributed by atoms with Gasteiger partial charge in [0.15, 0.2) is 0 Å². The molecule has 100 valence electrons. The van der Waals surface area contributed by atoms with E-state index in [0.717, 1.165) is 25.3 Å². The van der Waals surface area contributed by atoms with Crippen LogP contribution < -0.4 is 15.8 Å². The first-order valence-electron chi connectivity index (χ1n) is 6.46. The van der Waals surface area contributed by atoms with E-state index in [4.69, 9.17) is 15.2 Å². The molecule has 18 heavy (non-hydrogen) atoms. The van der Waals surface area contributed by atoms with Gasteiger partial charge in [-0.2, -0.15) is 4.98 Å². The number of hydrogen-bond acceptors (Lipinski definition) is 5. The van der Waals surface area contributed by atoms with Crippen LogP contribution in [0.15, 0.2) is 12.1 Å². The van der Waals surface area contributed by atoms with Crippen LogP contribution in [0.25, 0.3) is 0 Å². The molecule has 2 atom stereocenters. The van der Waals surface area contributed by atoms with Crippen molar-refractivity contribution in [3.63, 3.8) is 0 Å². The average Bonchev–Trinajstić information content (AvgIpc) is 2.34. The zero-order valence-corrected chi connectivity index (χ0v) is 11.0. The standard InChI is InChI=1S/C13H21N3O2/c1-3-17-13-11(14)4-5-12(16-13)15-10-6-7-18-9(2)8-10/h4-5,9-10H,3,6-8,14H2,1-2H3,(H,15,16). The molecule has 5 heteroatoms. The van der Waals surface area contributed by atoms with E-state index in [1.54, 1.807) is 0 Å². The summed E-state index contributed by atoms with van der Waals surface area (Å²) in [6, 6.07) is 4.11. The Kier molecular flexibility index (Phi) is 4.25. The number of anilines is 2. The largest absolute Gasteiger partial charge is 0.476 e. The lowest BCUT2D eigenvalue weighted by Gasteiger charge is -2.28. The van der Waals surface area contributed by atoms with Gasteiger partial charge in [0, 0.05) is 12.6 Å². The normalized spacial score (nSPS) is 23.7. The molecule has 0 aromatic carbocycles. The number of pyridine rings is 1. The fourth-order valence-electron chi connectivity index (χ4n) is 2.12. The molecule has 0 saturated carbocycles. The third-order valence-corrected chi connectivity index (χ3v) is 3.01. The van der Waals surface area contributed by atoms with Crippen molar-refractivity contribution in [2.75, 3.05) is 24.3 Å². The first-order chi connectivity index (χ1) is 8.69. The zero-order valence-electron chi connectivity index (χ0n) is 11.0. The molecule has 0 bridgehead atoms. The fourth-order valence-corrected chi connectivity index (χ4v) is 2.12. The Bertz CT molecular complexity index is 398. The van der Waals surface area contributed by atoms with Crippen molar-refractivity contribution in [1.82, 2.24) is 4.98 Å². The van der Waals surface area contributed by atoms with Crippen molar-refractivity contribution < 1.29 is 9.47 Å². The minimum absolute atomic E-state index is 0.302. The van der Waals surface area contributed by atoms with Crippen molar-refractivity contribution >= 4 is 11.5 Å². The van der Waals surface area contributed by atoms with Crippen molar-refractivity contribution in [1.29, 1.82) is 0 Å². The Morgan fingerprint density at radius 2 is 2.39 bits per heavy atom. The number of aromatic nitrogens is 1. The van der Waals surface area contributed by atoms with Crippen LogP contribution in [-0.4, -0.2) is 30.3 Å². The third kappa shape index (κ3) is 3.26. The van der Waals surface area contributed by atoms with Gasteiger partial charge in [-0.1, -0.05) is 0 Å². The number of ether oxygens (including phenoxy) is 2. The van der Waals surface area contributed by atoms with Crippen LogP contribution in [0.1, 0.15) is 26.7 Å². The third-order valence-electron chi connectivity index (χ3n) is 3.01. The van der Waals surface area contributed by atoms with E-state index < -0.39 is 0 Å². The predicted molar refractivity (Wildman–Crippen MR) is 71.9 cm³/mol. The van der Waals surface area contributed by atoms with Crippen LogP contribution in [0, 0.1) is 0 Å². The molecular formula is C13H21N3O2. The Balaban J connectivity index is 2.02. The summed E-state index contributed by atoms with van der Waals surface area (Å²) in [6.45, 7) is 5.37. The summed E-state index contributed by atoms with van der Waals surface area (Å²) in [7, 11) is 0. The van der Waals surface area contributed by atoms with Gasteiger partial charge in [-0.05, 0) is 38.8 Å². The second-order valence-electron chi connectivity index (χ2n) is 4.57. The molecule has 1 aromatic rings. The molecule has 0 spiro atoms. The van der Waals surface area contributed by atoms with Gasteiger partial charge in [0.1, 0.15) is 5.82 Å². The van der Waals surface area contributed by atoms with E-state index in [0.29, 0.717) is 30.3 Å². The van der Waals surface area contributed by atoms with E-state index in [1.165, 1.54) is 0 Å². The molecule has 1 aliphatic rings. The van der Waals surface area contributed by atoms with Gasteiger partial charge in [-0.25, -0.2) is 0 Å². The molecule has 5 nitrogen and oxygen atoms in total. The summed E-state index contributed by atoms with van der Waals surface area (Å²) >= 11 is 0. The van der Waals surface area contributed by atoms with Crippen LogP contribution in [0.5, 0.6) is 5.88 Å². The van der Waals surface area contributed by atoms with Gasteiger partial charge < -0.3 is 20.5 Å². The molecule has 1 fully saturated rings. The smallest absolute Gasteiger partial charge is 0.239 e. The second kappa shape index (κ2) is 5.91. The van der Waals surface area contributed by atoms with Crippen molar-refractivity contribution in [3.05, 3.63) is 12.1 Å². The van der Waals surface area contributed by atoms with Gasteiger partial charge in [0.05, 0.1) is 18.4 Å². The Hall–Kier alpha value is -1.49. The molecule has 0 amide bonds. The van der Waals surface area contributed by atoms with Crippen molar-refractivity contribution in [3.8, 4) is 5.88 Å². The predicted octanol–water partition coefficient (Wildman–Crippen LogP) is 2.04. The SMILES string of the molecule is CCOc1nc(NC2CCOC(C)C2)ccc1N. The molecule has 1 aliphatic heterocycles. The summed E-state index contributed by atoms with van der Waals surface area (Å²) in [6.07, 6.45) is 2.30. The summed E-state index contributed by atoms with van der Waals surface area (Å²) < 4.78 is 10.9. The topological polar surface area (TPSA) is 69.4 Å². The highest BCUT2D eigenvalue weighted by Crippen LogP contribution is 2.23. The van der Waals surface area contributed by atoms with Gasteiger partial charge in [-0.3, -0.25) is 0 Å². The highest BCUT2D eigenvalue weighted by molar-refractivity contribution is 5.53. The Morgan fingerprint density at radius 1 is 1.56 bits per heavy atom. The number of rotatable bonds is 4. The molecular weight excluding hydrogens is 230 g/mol. The van der Waals surface area contributed by atoms with Crippen LogP contribution in [0.2, 0.25) is 0 Å².